The van der Waals surface area contributed by atoms with E-state index in [1.807, 2.05) is 31.2 Å². The molecule has 3 rings (SSSR count). The van der Waals surface area contributed by atoms with Gasteiger partial charge in [0.2, 0.25) is 0 Å². The van der Waals surface area contributed by atoms with Crippen LogP contribution < -0.4 is 14.8 Å². The van der Waals surface area contributed by atoms with E-state index in [4.69, 9.17) is 4.18 Å². The molecule has 0 unspecified atom stereocenters. The van der Waals surface area contributed by atoms with Crippen LogP contribution in [0.5, 0.6) is 5.75 Å². The van der Waals surface area contributed by atoms with E-state index in [1.165, 1.54) is 12.1 Å². The van der Waals surface area contributed by atoms with Crippen LogP contribution in [0.15, 0.2) is 71.6 Å². The lowest BCUT2D eigenvalue weighted by Crippen LogP contribution is -2.19. The zero-order chi connectivity index (χ0) is 21.0. The Bertz CT molecular complexity index is 1100. The Morgan fingerprint density at radius 3 is 1.93 bits per heavy atom. The third kappa shape index (κ3) is 5.14. The van der Waals surface area contributed by atoms with E-state index in [-0.39, 0.29) is 10.6 Å². The zero-order valence-corrected chi connectivity index (χ0v) is 17.2. The van der Waals surface area contributed by atoms with Gasteiger partial charge in [-0.25, -0.2) is 4.79 Å². The Hall–Kier alpha value is -3.32. The first-order valence-corrected chi connectivity index (χ1v) is 10.4. The molecular formula is C22H22N2O4S. The smallest absolute Gasteiger partial charge is 0.339 e. The summed E-state index contributed by atoms with van der Waals surface area (Å²) in [6.45, 7) is 5.43. The number of amides is 2. The van der Waals surface area contributed by atoms with Crippen molar-refractivity contribution in [3.05, 3.63) is 83.4 Å². The van der Waals surface area contributed by atoms with E-state index < -0.39 is 16.1 Å². The average Bonchev–Trinajstić information content (AvgIpc) is 2.67. The SMILES string of the molecule is Cc1ccc(NC(=O)Nc2cc(C)c(OS(=O)(=O)c3ccccc3)c(C)c2)cc1. The summed E-state index contributed by atoms with van der Waals surface area (Å²) in [6.07, 6.45) is 0. The summed E-state index contributed by atoms with van der Waals surface area (Å²) in [4.78, 5) is 12.3. The van der Waals surface area contributed by atoms with Crippen LogP contribution in [0, 0.1) is 20.8 Å². The number of aryl methyl sites for hydroxylation is 3. The quantitative estimate of drug-likeness (QED) is 0.578. The molecule has 0 aliphatic heterocycles. The highest BCUT2D eigenvalue weighted by molar-refractivity contribution is 7.87. The largest absolute Gasteiger partial charge is 0.378 e. The van der Waals surface area contributed by atoms with Gasteiger partial charge in [0.1, 0.15) is 10.6 Å². The molecule has 29 heavy (non-hydrogen) atoms. The molecule has 0 fully saturated rings. The van der Waals surface area contributed by atoms with Crippen LogP contribution >= 0.6 is 0 Å². The molecule has 150 valence electrons. The topological polar surface area (TPSA) is 84.5 Å². The van der Waals surface area contributed by atoms with Crippen molar-refractivity contribution in [2.45, 2.75) is 25.7 Å². The molecular weight excluding hydrogens is 388 g/mol. The maximum Gasteiger partial charge on any atom is 0.339 e. The number of hydrogen-bond donors (Lipinski definition) is 2. The first-order valence-electron chi connectivity index (χ1n) is 9.00. The lowest BCUT2D eigenvalue weighted by atomic mass is 10.1. The van der Waals surface area contributed by atoms with Crippen LogP contribution in [0.4, 0.5) is 16.2 Å². The molecule has 0 heterocycles. The van der Waals surface area contributed by atoms with Crippen LogP contribution in [-0.4, -0.2) is 14.4 Å². The van der Waals surface area contributed by atoms with Gasteiger partial charge in [-0.3, -0.25) is 0 Å². The number of rotatable bonds is 5. The molecule has 0 saturated heterocycles. The second-order valence-corrected chi connectivity index (χ2v) is 8.28. The Morgan fingerprint density at radius 2 is 1.34 bits per heavy atom. The fourth-order valence-electron chi connectivity index (χ4n) is 2.83. The van der Waals surface area contributed by atoms with Gasteiger partial charge >= 0.3 is 16.1 Å². The molecule has 0 aliphatic carbocycles. The van der Waals surface area contributed by atoms with Crippen LogP contribution in [0.25, 0.3) is 0 Å². The Morgan fingerprint density at radius 1 is 0.793 bits per heavy atom. The first kappa shape index (κ1) is 20.4. The van der Waals surface area contributed by atoms with Gasteiger partial charge < -0.3 is 14.8 Å². The summed E-state index contributed by atoms with van der Waals surface area (Å²) in [5.41, 5.74) is 3.50. The molecule has 0 saturated carbocycles. The highest BCUT2D eigenvalue weighted by Crippen LogP contribution is 2.30. The second kappa shape index (κ2) is 8.36. The van der Waals surface area contributed by atoms with E-state index in [0.29, 0.717) is 22.5 Å². The second-order valence-electron chi connectivity index (χ2n) is 6.73. The van der Waals surface area contributed by atoms with Gasteiger partial charge in [0.15, 0.2) is 0 Å². The van der Waals surface area contributed by atoms with Gasteiger partial charge in [-0.15, -0.1) is 0 Å². The van der Waals surface area contributed by atoms with Crippen LogP contribution in [0.2, 0.25) is 0 Å². The summed E-state index contributed by atoms with van der Waals surface area (Å²) in [6, 6.07) is 18.3. The molecule has 7 heteroatoms. The number of carbonyl (C=O) groups excluding carboxylic acids is 1. The lowest BCUT2D eigenvalue weighted by Gasteiger charge is -2.15. The van der Waals surface area contributed by atoms with E-state index in [2.05, 4.69) is 10.6 Å². The maximum absolute atomic E-state index is 12.5. The van der Waals surface area contributed by atoms with Crippen molar-refractivity contribution in [2.75, 3.05) is 10.6 Å². The number of hydrogen-bond acceptors (Lipinski definition) is 4. The summed E-state index contributed by atoms with van der Waals surface area (Å²) in [5.74, 6) is 0.248. The number of nitrogens with one attached hydrogen (secondary N) is 2. The van der Waals surface area contributed by atoms with E-state index in [0.717, 1.165) is 5.56 Å². The summed E-state index contributed by atoms with van der Waals surface area (Å²) in [5, 5.41) is 5.51. The minimum absolute atomic E-state index is 0.0819. The van der Waals surface area contributed by atoms with Crippen molar-refractivity contribution in [1.82, 2.24) is 0 Å². The Balaban J connectivity index is 1.75. The van der Waals surface area contributed by atoms with Crippen LogP contribution in [0.1, 0.15) is 16.7 Å². The van der Waals surface area contributed by atoms with Crippen LogP contribution in [-0.2, 0) is 10.1 Å². The predicted molar refractivity (Wildman–Crippen MR) is 114 cm³/mol. The van der Waals surface area contributed by atoms with E-state index in [1.54, 1.807) is 44.2 Å². The van der Waals surface area contributed by atoms with Gasteiger partial charge in [0.25, 0.3) is 0 Å². The minimum atomic E-state index is -3.94. The highest BCUT2D eigenvalue weighted by atomic mass is 32.2. The third-order valence-corrected chi connectivity index (χ3v) is 5.49. The Labute approximate surface area is 170 Å². The number of benzene rings is 3. The van der Waals surface area contributed by atoms with Crippen molar-refractivity contribution >= 4 is 27.5 Å². The summed E-state index contributed by atoms with van der Waals surface area (Å²) < 4.78 is 30.3. The molecule has 3 aromatic carbocycles. The standard InChI is InChI=1S/C22H22N2O4S/c1-15-9-11-18(12-10-15)23-22(25)24-19-13-16(2)21(17(3)14-19)28-29(26,27)20-7-5-4-6-8-20/h4-14H,1-3H3,(H2,23,24,25). The molecule has 0 aromatic heterocycles. The van der Waals surface area contributed by atoms with Crippen molar-refractivity contribution < 1.29 is 17.4 Å². The fraction of sp³-hybridized carbons (Fsp3) is 0.136. The third-order valence-electron chi connectivity index (χ3n) is 4.25. The van der Waals surface area contributed by atoms with E-state index >= 15 is 0 Å². The minimum Gasteiger partial charge on any atom is -0.378 e. The summed E-state index contributed by atoms with van der Waals surface area (Å²) in [7, 11) is -3.94. The molecule has 0 atom stereocenters. The normalized spacial score (nSPS) is 11.0. The molecule has 6 nitrogen and oxygen atoms in total. The molecule has 2 amide bonds. The molecule has 0 spiro atoms. The molecule has 0 aliphatic rings. The van der Waals surface area contributed by atoms with Gasteiger partial charge in [0.05, 0.1) is 0 Å². The number of carbonyl (C=O) groups is 1. The average molecular weight is 410 g/mol. The molecule has 3 aromatic rings. The Kier molecular flexibility index (Phi) is 5.89. The zero-order valence-electron chi connectivity index (χ0n) is 16.4. The number of anilines is 2. The fourth-order valence-corrected chi connectivity index (χ4v) is 3.90. The van der Waals surface area contributed by atoms with Crippen LogP contribution in [0.3, 0.4) is 0 Å². The molecule has 2 N–H and O–H groups in total. The van der Waals surface area contributed by atoms with Crippen molar-refractivity contribution in [3.63, 3.8) is 0 Å². The predicted octanol–water partition coefficient (Wildman–Crippen LogP) is 5.02. The maximum atomic E-state index is 12.5. The first-order chi connectivity index (χ1) is 13.7. The summed E-state index contributed by atoms with van der Waals surface area (Å²) >= 11 is 0. The van der Waals surface area contributed by atoms with Gasteiger partial charge in [0, 0.05) is 11.4 Å². The van der Waals surface area contributed by atoms with Gasteiger partial charge in [-0.2, -0.15) is 8.42 Å². The monoisotopic (exact) mass is 410 g/mol. The van der Waals surface area contributed by atoms with Gasteiger partial charge in [-0.1, -0.05) is 35.9 Å². The van der Waals surface area contributed by atoms with Crippen molar-refractivity contribution in [2.24, 2.45) is 0 Å². The molecule has 0 radical (unpaired) electrons. The van der Waals surface area contributed by atoms with Gasteiger partial charge in [-0.05, 0) is 68.3 Å². The van der Waals surface area contributed by atoms with Crippen molar-refractivity contribution in [3.8, 4) is 5.75 Å². The number of urea groups is 1. The van der Waals surface area contributed by atoms with E-state index in [9.17, 15) is 13.2 Å². The highest BCUT2D eigenvalue weighted by Gasteiger charge is 2.19. The van der Waals surface area contributed by atoms with Crippen molar-refractivity contribution in [1.29, 1.82) is 0 Å². The molecule has 0 bridgehead atoms. The lowest BCUT2D eigenvalue weighted by molar-refractivity contribution is 0.262.